The minimum absolute atomic E-state index is 0.0646. The van der Waals surface area contributed by atoms with Gasteiger partial charge in [0.2, 0.25) is 5.95 Å². The summed E-state index contributed by atoms with van der Waals surface area (Å²) in [4.78, 5) is 9.01. The van der Waals surface area contributed by atoms with Crippen molar-refractivity contribution >= 4 is 11.8 Å². The highest BCUT2D eigenvalue weighted by atomic mass is 16.5. The lowest BCUT2D eigenvalue weighted by Crippen LogP contribution is -2.40. The molecule has 0 aliphatic carbocycles. The molecular formula is C20H27N5O. The van der Waals surface area contributed by atoms with Gasteiger partial charge in [0.05, 0.1) is 5.69 Å². The largest absolute Gasteiger partial charge is 0.381 e. The summed E-state index contributed by atoms with van der Waals surface area (Å²) in [5, 5.41) is 7.06. The Morgan fingerprint density at radius 1 is 1.08 bits per heavy atom. The number of nitrogens with zero attached hydrogens (tertiary/aromatic N) is 2. The molecule has 138 valence electrons. The van der Waals surface area contributed by atoms with Gasteiger partial charge < -0.3 is 21.1 Å². The monoisotopic (exact) mass is 353 g/mol. The number of fused-ring (bicyclic) bond motifs is 1. The lowest BCUT2D eigenvalue weighted by atomic mass is 9.74. The van der Waals surface area contributed by atoms with E-state index in [1.165, 1.54) is 11.1 Å². The molecule has 0 amide bonds. The second-order valence-electron chi connectivity index (χ2n) is 7.22. The van der Waals surface area contributed by atoms with Gasteiger partial charge >= 0.3 is 0 Å². The molecule has 4 rings (SSSR count). The maximum atomic E-state index is 5.98. The third-order valence-electron chi connectivity index (χ3n) is 5.63. The molecule has 0 bridgehead atoms. The van der Waals surface area contributed by atoms with Gasteiger partial charge in [0.1, 0.15) is 5.82 Å². The molecule has 0 spiro atoms. The van der Waals surface area contributed by atoms with Crippen LogP contribution in [0.3, 0.4) is 0 Å². The van der Waals surface area contributed by atoms with Gasteiger partial charge in [0, 0.05) is 43.7 Å². The maximum absolute atomic E-state index is 5.98. The van der Waals surface area contributed by atoms with Crippen molar-refractivity contribution in [2.75, 3.05) is 43.9 Å². The van der Waals surface area contributed by atoms with Crippen molar-refractivity contribution < 1.29 is 4.74 Å². The normalized spacial score (nSPS) is 19.4. The van der Waals surface area contributed by atoms with E-state index in [9.17, 15) is 0 Å². The van der Waals surface area contributed by atoms with Gasteiger partial charge in [-0.1, -0.05) is 30.3 Å². The van der Waals surface area contributed by atoms with Crippen LogP contribution in [0, 0.1) is 0 Å². The number of nitrogens with one attached hydrogen (secondary N) is 2. The first-order chi connectivity index (χ1) is 12.8. The smallest absolute Gasteiger partial charge is 0.222 e. The van der Waals surface area contributed by atoms with E-state index in [-0.39, 0.29) is 5.41 Å². The first kappa shape index (κ1) is 17.2. The summed E-state index contributed by atoms with van der Waals surface area (Å²) in [6.07, 6.45) is 3.84. The van der Waals surface area contributed by atoms with Gasteiger partial charge in [0.15, 0.2) is 0 Å². The molecule has 1 fully saturated rings. The number of nitrogen functional groups attached to an aromatic ring is 1. The zero-order valence-corrected chi connectivity index (χ0v) is 15.1. The number of hydrogen-bond acceptors (Lipinski definition) is 6. The molecule has 0 radical (unpaired) electrons. The molecule has 6 nitrogen and oxygen atoms in total. The van der Waals surface area contributed by atoms with E-state index in [2.05, 4.69) is 50.9 Å². The summed E-state index contributed by atoms with van der Waals surface area (Å²) in [7, 11) is 0. The molecule has 1 saturated heterocycles. The van der Waals surface area contributed by atoms with Gasteiger partial charge in [-0.3, -0.25) is 0 Å². The van der Waals surface area contributed by atoms with Gasteiger partial charge in [-0.2, -0.15) is 4.98 Å². The fraction of sp³-hybridized carbons (Fsp3) is 0.500. The van der Waals surface area contributed by atoms with Crippen molar-refractivity contribution in [3.05, 3.63) is 47.2 Å². The first-order valence-corrected chi connectivity index (χ1v) is 9.50. The Hall–Kier alpha value is -2.18. The minimum atomic E-state index is 0.0646. The number of hydrogen-bond donors (Lipinski definition) is 3. The third-order valence-corrected chi connectivity index (χ3v) is 5.63. The van der Waals surface area contributed by atoms with E-state index in [0.717, 1.165) is 70.0 Å². The van der Waals surface area contributed by atoms with Crippen molar-refractivity contribution in [2.45, 2.75) is 31.1 Å². The number of ether oxygens (including phenoxy) is 1. The van der Waals surface area contributed by atoms with E-state index in [1.807, 2.05) is 0 Å². The zero-order chi connectivity index (χ0) is 17.8. The molecule has 1 aromatic heterocycles. The molecule has 0 unspecified atom stereocenters. The second kappa shape index (κ2) is 7.60. The quantitative estimate of drug-likeness (QED) is 0.779. The van der Waals surface area contributed by atoms with E-state index in [4.69, 9.17) is 10.5 Å². The average molecular weight is 353 g/mol. The molecule has 2 aliphatic rings. The van der Waals surface area contributed by atoms with Crippen LogP contribution in [0.4, 0.5) is 11.8 Å². The average Bonchev–Trinajstić information content (AvgIpc) is 2.93. The predicted octanol–water partition coefficient (Wildman–Crippen LogP) is 1.91. The van der Waals surface area contributed by atoms with Crippen molar-refractivity contribution in [3.8, 4) is 0 Å². The number of nitrogens with two attached hydrogens (primary N) is 1. The highest BCUT2D eigenvalue weighted by molar-refractivity contribution is 5.51. The first-order valence-electron chi connectivity index (χ1n) is 9.50. The standard InChI is InChI=1S/C20H27N5O/c21-19-24-17-7-11-22-10-6-16(17)18(25-19)23-14-20(8-12-26-13-9-20)15-4-2-1-3-5-15/h1-5,22H,6-14H2,(H3,21,23,24,25). The van der Waals surface area contributed by atoms with E-state index < -0.39 is 0 Å². The molecular weight excluding hydrogens is 326 g/mol. The van der Waals surface area contributed by atoms with Crippen LogP contribution in [0.5, 0.6) is 0 Å². The molecule has 26 heavy (non-hydrogen) atoms. The molecule has 0 atom stereocenters. The topological polar surface area (TPSA) is 85.1 Å². The van der Waals surface area contributed by atoms with Crippen LogP contribution < -0.4 is 16.4 Å². The Labute approximate surface area is 154 Å². The summed E-state index contributed by atoms with van der Waals surface area (Å²) < 4.78 is 5.64. The predicted molar refractivity (Wildman–Crippen MR) is 103 cm³/mol. The molecule has 2 aromatic rings. The van der Waals surface area contributed by atoms with Crippen LogP contribution in [0.25, 0.3) is 0 Å². The van der Waals surface area contributed by atoms with Crippen molar-refractivity contribution in [1.29, 1.82) is 0 Å². The van der Waals surface area contributed by atoms with E-state index in [1.54, 1.807) is 0 Å². The lowest BCUT2D eigenvalue weighted by molar-refractivity contribution is 0.0543. The van der Waals surface area contributed by atoms with Crippen molar-refractivity contribution in [2.24, 2.45) is 0 Å². The number of rotatable bonds is 4. The second-order valence-corrected chi connectivity index (χ2v) is 7.22. The van der Waals surface area contributed by atoms with Gasteiger partial charge in [-0.25, -0.2) is 4.98 Å². The molecule has 3 heterocycles. The van der Waals surface area contributed by atoms with Crippen LogP contribution in [0.15, 0.2) is 30.3 Å². The summed E-state index contributed by atoms with van der Waals surface area (Å²) >= 11 is 0. The fourth-order valence-electron chi connectivity index (χ4n) is 4.08. The summed E-state index contributed by atoms with van der Waals surface area (Å²) in [6.45, 7) is 4.31. The van der Waals surface area contributed by atoms with E-state index >= 15 is 0 Å². The van der Waals surface area contributed by atoms with Crippen LogP contribution in [-0.4, -0.2) is 42.8 Å². The zero-order valence-electron chi connectivity index (χ0n) is 15.1. The highest BCUT2D eigenvalue weighted by Gasteiger charge is 2.34. The van der Waals surface area contributed by atoms with Crippen LogP contribution in [0.1, 0.15) is 29.7 Å². The fourth-order valence-corrected chi connectivity index (χ4v) is 4.08. The summed E-state index contributed by atoms with van der Waals surface area (Å²) in [5.74, 6) is 1.26. The lowest BCUT2D eigenvalue weighted by Gasteiger charge is -2.38. The Morgan fingerprint density at radius 3 is 2.65 bits per heavy atom. The molecule has 6 heteroatoms. The van der Waals surface area contributed by atoms with Crippen molar-refractivity contribution in [1.82, 2.24) is 15.3 Å². The highest BCUT2D eigenvalue weighted by Crippen LogP contribution is 2.35. The Kier molecular flexibility index (Phi) is 5.04. The SMILES string of the molecule is Nc1nc2c(c(NCC3(c4ccccc4)CCOCC3)n1)CCNCC2. The molecule has 4 N–H and O–H groups in total. The van der Waals surface area contributed by atoms with Crippen LogP contribution in [-0.2, 0) is 23.0 Å². The number of aromatic nitrogens is 2. The number of anilines is 2. The Morgan fingerprint density at radius 2 is 1.85 bits per heavy atom. The summed E-state index contributed by atoms with van der Waals surface area (Å²) in [5.41, 5.74) is 9.70. The molecule has 2 aliphatic heterocycles. The van der Waals surface area contributed by atoms with Crippen LogP contribution in [0.2, 0.25) is 0 Å². The minimum Gasteiger partial charge on any atom is -0.381 e. The molecule has 1 aromatic carbocycles. The van der Waals surface area contributed by atoms with Crippen LogP contribution >= 0.6 is 0 Å². The van der Waals surface area contributed by atoms with Gasteiger partial charge in [-0.15, -0.1) is 0 Å². The van der Waals surface area contributed by atoms with Gasteiger partial charge in [0.25, 0.3) is 0 Å². The summed E-state index contributed by atoms with van der Waals surface area (Å²) in [6, 6.07) is 10.8. The van der Waals surface area contributed by atoms with Gasteiger partial charge in [-0.05, 0) is 31.4 Å². The maximum Gasteiger partial charge on any atom is 0.222 e. The third kappa shape index (κ3) is 3.52. The van der Waals surface area contributed by atoms with E-state index in [0.29, 0.717) is 5.95 Å². The number of benzene rings is 1. The van der Waals surface area contributed by atoms with Crippen molar-refractivity contribution in [3.63, 3.8) is 0 Å². The Bertz CT molecular complexity index is 743. The molecule has 0 saturated carbocycles. The Balaban J connectivity index is 1.61.